The number of esters is 1. The number of carbonyl (C=O) groups is 2. The number of methoxy groups -OCH3 is 1. The highest BCUT2D eigenvalue weighted by molar-refractivity contribution is 5.95. The van der Waals surface area contributed by atoms with Crippen molar-refractivity contribution in [3.63, 3.8) is 0 Å². The Morgan fingerprint density at radius 2 is 1.63 bits per heavy atom. The van der Waals surface area contributed by atoms with Crippen LogP contribution in [0.1, 0.15) is 48.8 Å². The normalized spacial score (nSPS) is 13.9. The van der Waals surface area contributed by atoms with Gasteiger partial charge in [-0.25, -0.2) is 4.79 Å². The molecule has 0 unspecified atom stereocenters. The Morgan fingerprint density at radius 1 is 0.921 bits per heavy atom. The standard InChI is InChI=1S/C33H38N2O3/c1-24-21-29(18-19-31(24)34(2)3)27-16-13-26(14-17-27)23-35(33(37)28-10-6-5-7-11-28)30-12-8-9-25(22-30)15-20-32(36)38-4/h8-9,12-22,28H,5-7,10-11,23H2,1-4H3/b20-15+. The molecule has 0 N–H and O–H groups in total. The molecule has 0 spiro atoms. The minimum absolute atomic E-state index is 0.0514. The van der Waals surface area contributed by atoms with E-state index < -0.39 is 5.97 Å². The molecular weight excluding hydrogens is 472 g/mol. The predicted molar refractivity (Wildman–Crippen MR) is 156 cm³/mol. The minimum Gasteiger partial charge on any atom is -0.466 e. The zero-order valence-corrected chi connectivity index (χ0v) is 22.9. The van der Waals surface area contributed by atoms with E-state index in [0.717, 1.165) is 48.1 Å². The maximum atomic E-state index is 13.8. The Labute approximate surface area is 226 Å². The molecule has 1 saturated carbocycles. The van der Waals surface area contributed by atoms with E-state index in [1.807, 2.05) is 29.2 Å². The topological polar surface area (TPSA) is 49.9 Å². The quantitative estimate of drug-likeness (QED) is 0.241. The van der Waals surface area contributed by atoms with Crippen LogP contribution in [0, 0.1) is 12.8 Å². The zero-order valence-electron chi connectivity index (χ0n) is 22.9. The highest BCUT2D eigenvalue weighted by Crippen LogP contribution is 2.30. The van der Waals surface area contributed by atoms with Gasteiger partial charge in [0.05, 0.1) is 13.7 Å². The summed E-state index contributed by atoms with van der Waals surface area (Å²) in [7, 11) is 5.48. The lowest BCUT2D eigenvalue weighted by Gasteiger charge is -2.30. The van der Waals surface area contributed by atoms with Crippen LogP contribution in [0.15, 0.2) is 72.8 Å². The van der Waals surface area contributed by atoms with Crippen molar-refractivity contribution in [1.82, 2.24) is 0 Å². The number of carbonyl (C=O) groups excluding carboxylic acids is 2. The lowest BCUT2D eigenvalue weighted by molar-refractivity contribution is -0.134. The van der Waals surface area contributed by atoms with Crippen LogP contribution in [0.3, 0.4) is 0 Å². The molecule has 0 radical (unpaired) electrons. The maximum Gasteiger partial charge on any atom is 0.330 e. The van der Waals surface area contributed by atoms with Crippen molar-refractivity contribution in [3.8, 4) is 11.1 Å². The van der Waals surface area contributed by atoms with Crippen molar-refractivity contribution in [2.45, 2.75) is 45.6 Å². The van der Waals surface area contributed by atoms with Crippen LogP contribution in [0.4, 0.5) is 11.4 Å². The number of ether oxygens (including phenoxy) is 1. The molecule has 3 aromatic carbocycles. The van der Waals surface area contributed by atoms with Crippen molar-refractivity contribution in [2.75, 3.05) is 31.0 Å². The molecule has 5 nitrogen and oxygen atoms in total. The number of anilines is 2. The van der Waals surface area contributed by atoms with Gasteiger partial charge in [-0.15, -0.1) is 0 Å². The second-order valence-electron chi connectivity index (χ2n) is 10.3. The predicted octanol–water partition coefficient (Wildman–Crippen LogP) is 7.03. The van der Waals surface area contributed by atoms with Gasteiger partial charge in [0, 0.05) is 37.5 Å². The lowest BCUT2D eigenvalue weighted by atomic mass is 9.88. The van der Waals surface area contributed by atoms with Gasteiger partial charge in [0.2, 0.25) is 5.91 Å². The highest BCUT2D eigenvalue weighted by Gasteiger charge is 2.27. The summed E-state index contributed by atoms with van der Waals surface area (Å²) in [5.41, 5.74) is 7.55. The Morgan fingerprint density at radius 3 is 2.29 bits per heavy atom. The summed E-state index contributed by atoms with van der Waals surface area (Å²) in [4.78, 5) is 29.4. The molecule has 1 fully saturated rings. The van der Waals surface area contributed by atoms with Crippen LogP contribution < -0.4 is 9.80 Å². The fourth-order valence-electron chi connectivity index (χ4n) is 5.22. The molecule has 0 bridgehead atoms. The van der Waals surface area contributed by atoms with Crippen LogP contribution in [0.25, 0.3) is 17.2 Å². The second kappa shape index (κ2) is 12.6. The molecule has 4 rings (SSSR count). The first kappa shape index (κ1) is 27.2. The summed E-state index contributed by atoms with van der Waals surface area (Å²) in [5, 5.41) is 0. The molecule has 0 atom stereocenters. The molecule has 1 aliphatic rings. The highest BCUT2D eigenvalue weighted by atomic mass is 16.5. The van der Waals surface area contributed by atoms with Crippen LogP contribution in [0.5, 0.6) is 0 Å². The Balaban J connectivity index is 1.60. The number of amides is 1. The van der Waals surface area contributed by atoms with Gasteiger partial charge in [-0.1, -0.05) is 61.7 Å². The third-order valence-corrected chi connectivity index (χ3v) is 7.32. The summed E-state index contributed by atoms with van der Waals surface area (Å²) in [6.45, 7) is 2.63. The van der Waals surface area contributed by atoms with Gasteiger partial charge in [-0.3, -0.25) is 4.79 Å². The van der Waals surface area contributed by atoms with E-state index in [-0.39, 0.29) is 11.8 Å². The van der Waals surface area contributed by atoms with Gasteiger partial charge in [0.1, 0.15) is 0 Å². The first-order chi connectivity index (χ1) is 18.4. The summed E-state index contributed by atoms with van der Waals surface area (Å²) < 4.78 is 4.72. The molecule has 0 aromatic heterocycles. The average Bonchev–Trinajstić information content (AvgIpc) is 2.95. The van der Waals surface area contributed by atoms with Crippen molar-refractivity contribution >= 4 is 29.3 Å². The lowest BCUT2D eigenvalue weighted by Crippen LogP contribution is -2.36. The van der Waals surface area contributed by atoms with Crippen LogP contribution in [-0.4, -0.2) is 33.1 Å². The molecule has 198 valence electrons. The van der Waals surface area contributed by atoms with Gasteiger partial charge in [-0.2, -0.15) is 0 Å². The van der Waals surface area contributed by atoms with E-state index >= 15 is 0 Å². The average molecular weight is 511 g/mol. The Kier molecular flexibility index (Phi) is 9.01. The van der Waals surface area contributed by atoms with Crippen LogP contribution in [-0.2, 0) is 20.9 Å². The molecule has 0 aliphatic heterocycles. The third-order valence-electron chi connectivity index (χ3n) is 7.32. The smallest absolute Gasteiger partial charge is 0.330 e. The summed E-state index contributed by atoms with van der Waals surface area (Å²) in [6, 6.07) is 22.8. The number of hydrogen-bond acceptors (Lipinski definition) is 4. The van der Waals surface area contributed by atoms with Gasteiger partial charge in [0.25, 0.3) is 0 Å². The van der Waals surface area contributed by atoms with Crippen molar-refractivity contribution in [1.29, 1.82) is 0 Å². The van der Waals surface area contributed by atoms with E-state index in [4.69, 9.17) is 4.74 Å². The summed E-state index contributed by atoms with van der Waals surface area (Å²) in [6.07, 6.45) is 8.42. The fraction of sp³-hybridized carbons (Fsp3) is 0.333. The Bertz CT molecular complexity index is 1290. The molecule has 0 heterocycles. The van der Waals surface area contributed by atoms with Gasteiger partial charge in [0.15, 0.2) is 0 Å². The number of benzene rings is 3. The molecule has 0 saturated heterocycles. The van der Waals surface area contributed by atoms with E-state index in [2.05, 4.69) is 68.4 Å². The van der Waals surface area contributed by atoms with Crippen molar-refractivity contribution in [3.05, 3.63) is 89.5 Å². The number of hydrogen-bond donors (Lipinski definition) is 0. The first-order valence-corrected chi connectivity index (χ1v) is 13.4. The van der Waals surface area contributed by atoms with Crippen molar-refractivity contribution < 1.29 is 14.3 Å². The zero-order chi connectivity index (χ0) is 27.1. The number of rotatable bonds is 8. The monoisotopic (exact) mass is 510 g/mol. The number of aryl methyl sites for hydroxylation is 1. The van der Waals surface area contributed by atoms with Crippen LogP contribution in [0.2, 0.25) is 0 Å². The van der Waals surface area contributed by atoms with E-state index in [1.165, 1.54) is 36.4 Å². The summed E-state index contributed by atoms with van der Waals surface area (Å²) in [5.74, 6) is -0.176. The van der Waals surface area contributed by atoms with E-state index in [0.29, 0.717) is 6.54 Å². The van der Waals surface area contributed by atoms with E-state index in [9.17, 15) is 9.59 Å². The third kappa shape index (κ3) is 6.71. The molecule has 5 heteroatoms. The van der Waals surface area contributed by atoms with E-state index in [1.54, 1.807) is 6.08 Å². The maximum absolute atomic E-state index is 13.8. The SMILES string of the molecule is COC(=O)/C=C/c1cccc(N(Cc2ccc(-c3ccc(N(C)C)c(C)c3)cc2)C(=O)C2CCCCC2)c1. The van der Waals surface area contributed by atoms with Crippen LogP contribution >= 0.6 is 0 Å². The second-order valence-corrected chi connectivity index (χ2v) is 10.3. The minimum atomic E-state index is -0.405. The number of nitrogens with zero attached hydrogens (tertiary/aromatic N) is 2. The molecule has 3 aromatic rings. The molecule has 38 heavy (non-hydrogen) atoms. The molecular formula is C33H38N2O3. The molecule has 1 aliphatic carbocycles. The molecule has 1 amide bonds. The van der Waals surface area contributed by atoms with Gasteiger partial charge < -0.3 is 14.5 Å². The Hall–Kier alpha value is -3.86. The van der Waals surface area contributed by atoms with Gasteiger partial charge >= 0.3 is 5.97 Å². The fourth-order valence-corrected chi connectivity index (χ4v) is 5.22. The largest absolute Gasteiger partial charge is 0.466 e. The van der Waals surface area contributed by atoms with Gasteiger partial charge in [-0.05, 0) is 77.9 Å². The summed E-state index contributed by atoms with van der Waals surface area (Å²) >= 11 is 0. The first-order valence-electron chi connectivity index (χ1n) is 13.4. The van der Waals surface area contributed by atoms with Crippen molar-refractivity contribution in [2.24, 2.45) is 5.92 Å².